The molecule has 0 fully saturated rings. The molecule has 1 heterocycles. The van der Waals surface area contributed by atoms with Gasteiger partial charge in [0.2, 0.25) is 0 Å². The quantitative estimate of drug-likeness (QED) is 0.319. The highest BCUT2D eigenvalue weighted by molar-refractivity contribution is 9.11. The van der Waals surface area contributed by atoms with E-state index in [1.807, 2.05) is 36.4 Å². The average Bonchev–Trinajstić information content (AvgIpc) is 3.02. The number of phenols is 1. The van der Waals surface area contributed by atoms with E-state index in [-0.39, 0.29) is 11.7 Å². The second kappa shape index (κ2) is 7.93. The van der Waals surface area contributed by atoms with Gasteiger partial charge in [-0.15, -0.1) is 4.91 Å². The van der Waals surface area contributed by atoms with E-state index >= 15 is 0 Å². The van der Waals surface area contributed by atoms with Crippen LogP contribution in [0.2, 0.25) is 0 Å². The molecule has 0 spiro atoms. The summed E-state index contributed by atoms with van der Waals surface area (Å²) >= 11 is 6.60. The fourth-order valence-electron chi connectivity index (χ4n) is 3.30. The summed E-state index contributed by atoms with van der Waals surface area (Å²) in [6.07, 6.45) is 1.74. The zero-order valence-corrected chi connectivity index (χ0v) is 18.1. The Balaban J connectivity index is 1.79. The number of carbonyl (C=O) groups is 1. The summed E-state index contributed by atoms with van der Waals surface area (Å²) in [7, 11) is 0. The minimum absolute atomic E-state index is 0.0912. The highest BCUT2D eigenvalue weighted by Gasteiger charge is 2.26. The molecule has 0 saturated heterocycles. The molecule has 0 aliphatic carbocycles. The smallest absolute Gasteiger partial charge is 0.256 e. The molecule has 1 unspecified atom stereocenters. The number of halogens is 2. The molecule has 1 aliphatic heterocycles. The Hall–Kier alpha value is -2.77. The molecule has 2 N–H and O–H groups in total. The van der Waals surface area contributed by atoms with Crippen molar-refractivity contribution in [2.75, 3.05) is 5.32 Å². The second-order valence-corrected chi connectivity index (χ2v) is 8.28. The van der Waals surface area contributed by atoms with Crippen molar-refractivity contribution in [2.24, 2.45) is 5.18 Å². The maximum Gasteiger partial charge on any atom is 0.256 e. The molecule has 5 nitrogen and oxygen atoms in total. The van der Waals surface area contributed by atoms with Gasteiger partial charge < -0.3 is 10.4 Å². The Morgan fingerprint density at radius 1 is 0.966 bits per heavy atom. The van der Waals surface area contributed by atoms with Crippen LogP contribution < -0.4 is 5.32 Å². The minimum Gasteiger partial charge on any atom is -0.506 e. The van der Waals surface area contributed by atoms with E-state index in [2.05, 4.69) is 42.4 Å². The van der Waals surface area contributed by atoms with Crippen molar-refractivity contribution in [3.8, 4) is 5.75 Å². The van der Waals surface area contributed by atoms with Crippen LogP contribution >= 0.6 is 31.9 Å². The normalized spacial score (nSPS) is 15.1. The Bertz CT molecular complexity index is 1140. The third-order valence-corrected chi connectivity index (χ3v) is 5.92. The van der Waals surface area contributed by atoms with Crippen molar-refractivity contribution in [1.82, 2.24) is 0 Å². The topological polar surface area (TPSA) is 78.8 Å². The van der Waals surface area contributed by atoms with Crippen molar-refractivity contribution in [2.45, 2.75) is 6.04 Å². The van der Waals surface area contributed by atoms with Crippen molar-refractivity contribution in [3.05, 3.63) is 96.8 Å². The van der Waals surface area contributed by atoms with Gasteiger partial charge in [0, 0.05) is 16.8 Å². The minimum atomic E-state index is -0.657. The molecule has 1 atom stereocenters. The first-order chi connectivity index (χ1) is 14.0. The second-order valence-electron chi connectivity index (χ2n) is 6.57. The molecule has 144 valence electrons. The van der Waals surface area contributed by atoms with Gasteiger partial charge in [0.1, 0.15) is 11.8 Å². The van der Waals surface area contributed by atoms with Crippen molar-refractivity contribution in [3.63, 3.8) is 0 Å². The van der Waals surface area contributed by atoms with E-state index in [9.17, 15) is 14.8 Å². The highest BCUT2D eigenvalue weighted by atomic mass is 79.9. The van der Waals surface area contributed by atoms with Crippen LogP contribution in [-0.4, -0.2) is 11.0 Å². The number of hydrogen-bond donors (Lipinski definition) is 2. The monoisotopic (exact) mass is 512 g/mol. The molecule has 1 amide bonds. The molecular formula is C22H14Br2N2O3. The molecule has 1 aliphatic rings. The van der Waals surface area contributed by atoms with Gasteiger partial charge in [-0.05, 0) is 78.9 Å². The van der Waals surface area contributed by atoms with E-state index in [4.69, 9.17) is 0 Å². The number of nitroso groups, excluding NO2 is 1. The Morgan fingerprint density at radius 2 is 1.66 bits per heavy atom. The summed E-state index contributed by atoms with van der Waals surface area (Å²) in [5.74, 6) is -0.138. The highest BCUT2D eigenvalue weighted by Crippen LogP contribution is 2.39. The lowest BCUT2D eigenvalue weighted by atomic mass is 9.95. The van der Waals surface area contributed by atoms with Crippen LogP contribution in [0.3, 0.4) is 0 Å². The van der Waals surface area contributed by atoms with Gasteiger partial charge in [-0.3, -0.25) is 4.79 Å². The molecule has 7 heteroatoms. The lowest BCUT2D eigenvalue weighted by molar-refractivity contribution is -0.110. The van der Waals surface area contributed by atoms with Gasteiger partial charge in [0.25, 0.3) is 5.91 Å². The van der Waals surface area contributed by atoms with Crippen LogP contribution in [0.4, 0.5) is 5.69 Å². The van der Waals surface area contributed by atoms with Gasteiger partial charge in [-0.25, -0.2) is 0 Å². The van der Waals surface area contributed by atoms with Crippen LogP contribution in [0, 0.1) is 4.91 Å². The zero-order chi connectivity index (χ0) is 20.5. The zero-order valence-electron chi connectivity index (χ0n) is 14.9. The molecule has 3 aromatic rings. The van der Waals surface area contributed by atoms with Crippen molar-refractivity contribution in [1.29, 1.82) is 0 Å². The Morgan fingerprint density at radius 3 is 2.31 bits per heavy atom. The van der Waals surface area contributed by atoms with Crippen LogP contribution in [0.1, 0.15) is 28.3 Å². The number of anilines is 1. The van der Waals surface area contributed by atoms with Crippen LogP contribution in [0.5, 0.6) is 5.75 Å². The van der Waals surface area contributed by atoms with Crippen LogP contribution in [0.15, 0.2) is 74.8 Å². The Kier molecular flexibility index (Phi) is 5.34. The number of phenolic OH excluding ortho intramolecular Hbond substituents is 1. The molecule has 29 heavy (non-hydrogen) atoms. The lowest BCUT2D eigenvalue weighted by Gasteiger charge is -2.11. The summed E-state index contributed by atoms with van der Waals surface area (Å²) in [6.45, 7) is 0. The van der Waals surface area contributed by atoms with E-state index in [1.54, 1.807) is 30.3 Å². The first-order valence-electron chi connectivity index (χ1n) is 8.70. The van der Waals surface area contributed by atoms with Gasteiger partial charge >= 0.3 is 0 Å². The van der Waals surface area contributed by atoms with Crippen molar-refractivity contribution < 1.29 is 9.90 Å². The summed E-state index contributed by atoms with van der Waals surface area (Å²) in [5.41, 5.74) is 4.09. The van der Waals surface area contributed by atoms with Gasteiger partial charge in [0.15, 0.2) is 0 Å². The summed E-state index contributed by atoms with van der Waals surface area (Å²) in [4.78, 5) is 24.1. The first-order valence-corrected chi connectivity index (χ1v) is 10.3. The maximum absolute atomic E-state index is 12.6. The predicted octanol–water partition coefficient (Wildman–Crippen LogP) is 6.27. The number of amides is 1. The van der Waals surface area contributed by atoms with Crippen molar-refractivity contribution >= 4 is 55.1 Å². The molecule has 0 aromatic heterocycles. The average molecular weight is 514 g/mol. The SMILES string of the molecule is O=NC(c1ccccc1)c1ccc2c(c1)C(=Cc1cc(Br)c(O)c(Br)c1)C(=O)N2. The number of carbonyl (C=O) groups excluding carboxylic acids is 1. The molecule has 3 aromatic carbocycles. The van der Waals surface area contributed by atoms with Crippen LogP contribution in [0.25, 0.3) is 11.6 Å². The van der Waals surface area contributed by atoms with Gasteiger partial charge in [-0.2, -0.15) is 0 Å². The fourth-order valence-corrected chi connectivity index (χ4v) is 4.53. The predicted molar refractivity (Wildman–Crippen MR) is 121 cm³/mol. The number of nitrogens with zero attached hydrogens (tertiary/aromatic N) is 1. The molecule has 0 bridgehead atoms. The van der Waals surface area contributed by atoms with E-state index in [0.29, 0.717) is 31.3 Å². The Labute approximate surface area is 183 Å². The molecular weight excluding hydrogens is 500 g/mol. The fraction of sp³-hybridized carbons (Fsp3) is 0.0455. The number of hydrogen-bond acceptors (Lipinski definition) is 4. The van der Waals surface area contributed by atoms with Crippen LogP contribution in [-0.2, 0) is 4.79 Å². The van der Waals surface area contributed by atoms with Gasteiger partial charge in [0.05, 0.1) is 8.95 Å². The third-order valence-electron chi connectivity index (χ3n) is 4.71. The van der Waals surface area contributed by atoms with Gasteiger partial charge in [-0.1, -0.05) is 41.6 Å². The summed E-state index contributed by atoms with van der Waals surface area (Å²) in [5, 5.41) is 16.0. The number of benzene rings is 3. The standard InChI is InChI=1S/C22H14Br2N2O3/c23-17-9-12(10-18(24)21(17)27)8-16-15-11-14(6-7-19(15)25-22(16)28)20(26-29)13-4-2-1-3-5-13/h1-11,20,27H,(H,25,28). The summed E-state index contributed by atoms with van der Waals surface area (Å²) in [6, 6.07) is 17.5. The number of aromatic hydroxyl groups is 1. The number of rotatable bonds is 4. The number of fused-ring (bicyclic) bond motifs is 1. The molecule has 0 radical (unpaired) electrons. The maximum atomic E-state index is 12.6. The van der Waals surface area contributed by atoms with E-state index in [1.165, 1.54) is 0 Å². The number of nitrogens with one attached hydrogen (secondary N) is 1. The first kappa shape index (κ1) is 19.5. The molecule has 4 rings (SSSR count). The summed E-state index contributed by atoms with van der Waals surface area (Å²) < 4.78 is 1.03. The molecule has 0 saturated carbocycles. The lowest BCUT2D eigenvalue weighted by Crippen LogP contribution is -2.03. The third kappa shape index (κ3) is 3.75. The van der Waals surface area contributed by atoms with E-state index < -0.39 is 6.04 Å². The van der Waals surface area contributed by atoms with E-state index in [0.717, 1.165) is 11.1 Å². The largest absolute Gasteiger partial charge is 0.506 e.